The van der Waals surface area contributed by atoms with Gasteiger partial charge in [0.15, 0.2) is 17.7 Å². The Hall–Kier alpha value is -9.45. The lowest BCUT2D eigenvalue weighted by Gasteiger charge is -2.38. The van der Waals surface area contributed by atoms with Crippen LogP contribution in [0.15, 0.2) is 95.4 Å². The van der Waals surface area contributed by atoms with Gasteiger partial charge in [-0.05, 0) is 124 Å². The molecule has 1 aromatic heterocycles. The predicted octanol–water partition coefficient (Wildman–Crippen LogP) is 9.33. The van der Waals surface area contributed by atoms with Crippen LogP contribution >= 0.6 is 11.3 Å². The average molecular weight is 1510 g/mol. The molecule has 6 rings (SSSR count). The molecule has 3 aromatic carbocycles. The third-order valence-electron chi connectivity index (χ3n) is 19.2. The van der Waals surface area contributed by atoms with Crippen LogP contribution in [0.1, 0.15) is 166 Å². The number of thiazole rings is 1. The number of primary amides is 1. The van der Waals surface area contributed by atoms with Crippen molar-refractivity contribution < 1.29 is 91.1 Å². The Bertz CT molecular complexity index is 3670. The largest absolute Gasteiger partial charge is 0.491 e. The van der Waals surface area contributed by atoms with Crippen LogP contribution in [0.25, 0.3) is 0 Å². The third kappa shape index (κ3) is 27.1. The topological polar surface area (TPSA) is 377 Å². The number of carboxylic acid groups (broad SMARTS) is 1. The number of imide groups is 1. The highest BCUT2D eigenvalue weighted by Crippen LogP contribution is 2.35. The van der Waals surface area contributed by atoms with Gasteiger partial charge in [0.1, 0.15) is 36.3 Å². The van der Waals surface area contributed by atoms with Gasteiger partial charge in [0.2, 0.25) is 17.7 Å². The van der Waals surface area contributed by atoms with Crippen LogP contribution in [0.3, 0.4) is 0 Å². The molecule has 0 spiro atoms. The van der Waals surface area contributed by atoms with Gasteiger partial charge in [0.05, 0.1) is 56.7 Å². The van der Waals surface area contributed by atoms with Crippen molar-refractivity contribution in [2.24, 2.45) is 41.2 Å². The third-order valence-corrected chi connectivity index (χ3v) is 20.2. The molecule has 29 heteroatoms. The van der Waals surface area contributed by atoms with E-state index < -0.39 is 95.6 Å². The number of carbonyl (C=O) groups excluding carboxylic acids is 11. The van der Waals surface area contributed by atoms with Gasteiger partial charge in [-0.15, -0.1) is 11.3 Å². The molecule has 7 N–H and O–H groups in total. The molecule has 1 saturated heterocycles. The van der Waals surface area contributed by atoms with Gasteiger partial charge in [-0.25, -0.2) is 19.5 Å². The molecular formula is C78H107N9O19S. The van der Waals surface area contributed by atoms with Crippen LogP contribution in [-0.4, -0.2) is 182 Å². The molecule has 0 unspecified atom stereocenters. The zero-order chi connectivity index (χ0) is 78.4. The van der Waals surface area contributed by atoms with E-state index in [9.17, 15) is 62.6 Å². The molecule has 1 fully saturated rings. The van der Waals surface area contributed by atoms with Crippen molar-refractivity contribution in [3.05, 3.63) is 117 Å². The zero-order valence-electron chi connectivity index (χ0n) is 63.4. The Morgan fingerprint density at radius 3 is 2.02 bits per heavy atom. The van der Waals surface area contributed by atoms with Crippen LogP contribution in [0.4, 0.5) is 21.0 Å². The van der Waals surface area contributed by atoms with Gasteiger partial charge < -0.3 is 65.4 Å². The number of likely N-dealkylation sites (tertiary alicyclic amines) is 1. The number of carbonyl (C=O) groups is 12. The number of nitrogens with one attached hydrogen (secondary N) is 4. The molecule has 0 radical (unpaired) electrons. The van der Waals surface area contributed by atoms with Crippen LogP contribution in [0.5, 0.6) is 5.75 Å². The van der Waals surface area contributed by atoms with Crippen molar-refractivity contribution in [3.8, 4) is 5.75 Å². The fourth-order valence-corrected chi connectivity index (χ4v) is 13.6. The van der Waals surface area contributed by atoms with Crippen LogP contribution in [0.2, 0.25) is 0 Å². The number of amides is 9. The summed E-state index contributed by atoms with van der Waals surface area (Å²) in [6.45, 7) is 18.4. The number of carboxylic acids is 1. The van der Waals surface area contributed by atoms with E-state index in [0.29, 0.717) is 77.4 Å². The predicted molar refractivity (Wildman–Crippen MR) is 400 cm³/mol. The van der Waals surface area contributed by atoms with Crippen molar-refractivity contribution >= 4 is 93.8 Å². The maximum atomic E-state index is 14.9. The Balaban J connectivity index is 0.968. The molecule has 9 atom stereocenters. The zero-order valence-corrected chi connectivity index (χ0v) is 64.2. The molecule has 0 aliphatic carbocycles. The van der Waals surface area contributed by atoms with E-state index in [1.54, 1.807) is 100 Å². The lowest BCUT2D eigenvalue weighted by Crippen LogP contribution is -2.50. The molecule has 3 heterocycles. The summed E-state index contributed by atoms with van der Waals surface area (Å²) in [5.74, 6) is -7.50. The summed E-state index contributed by atoms with van der Waals surface area (Å²) < 4.78 is 34.0. The number of aromatic nitrogens is 1. The van der Waals surface area contributed by atoms with Crippen LogP contribution in [-0.2, 0) is 79.9 Å². The van der Waals surface area contributed by atoms with Gasteiger partial charge >= 0.3 is 24.1 Å². The second kappa shape index (κ2) is 43.4. The Labute approximate surface area is 630 Å². The molecule has 584 valence electrons. The highest BCUT2D eigenvalue weighted by molar-refractivity contribution is 7.09. The number of Topliss-reactive ketones (excluding diaryl/α,β-unsaturated/α-hetero) is 2. The number of benzene rings is 3. The molecule has 0 saturated carbocycles. The molecule has 2 aliphatic rings. The van der Waals surface area contributed by atoms with E-state index >= 15 is 0 Å². The molecule has 107 heavy (non-hydrogen) atoms. The highest BCUT2D eigenvalue weighted by atomic mass is 32.1. The summed E-state index contributed by atoms with van der Waals surface area (Å²) in [6, 6.07) is 18.9. The number of nitrogens with zero attached hydrogens (tertiary/aromatic N) is 4. The van der Waals surface area contributed by atoms with Gasteiger partial charge in [-0.1, -0.05) is 97.4 Å². The minimum Gasteiger partial charge on any atom is -0.491 e. The first-order valence-corrected chi connectivity index (χ1v) is 37.6. The number of ether oxygens (including phenoxy) is 6. The molecule has 0 bridgehead atoms. The van der Waals surface area contributed by atoms with E-state index in [0.717, 1.165) is 21.8 Å². The van der Waals surface area contributed by atoms with E-state index in [1.807, 2.05) is 58.0 Å². The van der Waals surface area contributed by atoms with E-state index in [2.05, 4.69) is 26.3 Å². The number of ketones is 2. The lowest BCUT2D eigenvalue weighted by molar-refractivity contribution is -0.149. The van der Waals surface area contributed by atoms with Crippen molar-refractivity contribution in [3.63, 3.8) is 0 Å². The number of rotatable bonds is 45. The van der Waals surface area contributed by atoms with E-state index in [-0.39, 0.29) is 145 Å². The first-order chi connectivity index (χ1) is 51.0. The number of urea groups is 1. The number of hydrogen-bond donors (Lipinski definition) is 6. The van der Waals surface area contributed by atoms with Gasteiger partial charge in [-0.3, -0.25) is 52.8 Å². The molecule has 28 nitrogen and oxygen atoms in total. The first kappa shape index (κ1) is 86.5. The average Bonchev–Trinajstić information content (AvgIpc) is 1.65. The Kier molecular flexibility index (Phi) is 35.1. The Morgan fingerprint density at radius 1 is 0.766 bits per heavy atom. The summed E-state index contributed by atoms with van der Waals surface area (Å²) in [4.78, 5) is 168. The van der Waals surface area contributed by atoms with Gasteiger partial charge in [-0.2, -0.15) is 0 Å². The quantitative estimate of drug-likeness (QED) is 0.0136. The fourth-order valence-electron chi connectivity index (χ4n) is 12.7. The second-order valence-corrected chi connectivity index (χ2v) is 28.9. The SMILES string of the molecule is CC[C@H](C)[C@H](CC(=O)[C@H]1CCCCN1C(=O)OCc1ccc(NC(=O)[C@H](CCCNC(N)=O)CC(=O)[C@@H](NC(=O)COCCOCCOCCOc2ccc(N3C(=O)C(C)=C(C)C3=O)cc2)C(C)C)cc1)C(=O)N(C)[C@H](C[C@@H](OC(C)=O)c1nc(C(=O)N[C@@H](Cc2ccccc2)C[C@H](C)C(=O)O)cs1)C(C)C. The second-order valence-electron chi connectivity index (χ2n) is 28.0. The van der Waals surface area contributed by atoms with Crippen molar-refractivity contribution in [1.82, 2.24) is 30.7 Å². The van der Waals surface area contributed by atoms with Crippen LogP contribution in [0, 0.1) is 35.5 Å². The maximum Gasteiger partial charge on any atom is 0.410 e. The number of esters is 1. The maximum absolute atomic E-state index is 14.9. The molecular weight excluding hydrogens is 1400 g/mol. The monoisotopic (exact) mass is 1510 g/mol. The van der Waals surface area contributed by atoms with Crippen molar-refractivity contribution in [1.29, 1.82) is 0 Å². The summed E-state index contributed by atoms with van der Waals surface area (Å²) in [5.41, 5.74) is 8.49. The lowest BCUT2D eigenvalue weighted by atomic mass is 9.82. The highest BCUT2D eigenvalue weighted by Gasteiger charge is 2.41. The first-order valence-electron chi connectivity index (χ1n) is 36.7. The normalized spacial score (nSPS) is 16.0. The standard InChI is InChI=1S/C78H107N9O19S/c1-12-49(6)61(75(96)85(11)64(47(2)3)43-67(106-53(10)88)72-83-62(46-107-72)71(93)82-58(39-50(7)76(97)98)40-54-19-14-13-15-20-54)42-65(89)63-22-16-17-32-86(63)78(100)105-44-55-23-25-57(26-24-55)81-70(92)56(21-18-31-80-77(79)99)41-66(90)69(48(4)5)84-68(91)45-103-36-35-101-33-34-102-37-38-104-60-29-27-59(28-30-60)87-73(94)51(8)52(9)74(87)95/h13-15,19-20,23-30,46-50,56,58,61,63-64,67,69H,12,16-18,21-22,31-45H2,1-11H3,(H,81,92)(H,82,93)(H,84,91)(H,97,98)(H3,79,80,99)/t49-,50-,56+,58+,61-,63+,64+,67+,69-/m0/s1. The summed E-state index contributed by atoms with van der Waals surface area (Å²) in [6.07, 6.45) is 1.28. The van der Waals surface area contributed by atoms with Crippen molar-refractivity contribution in [2.75, 3.05) is 76.6 Å². The van der Waals surface area contributed by atoms with Gasteiger partial charge in [0, 0.05) is 92.5 Å². The number of hydrogen-bond acceptors (Lipinski definition) is 20. The van der Waals surface area contributed by atoms with E-state index in [4.69, 9.17) is 34.2 Å². The molecule has 2 aliphatic heterocycles. The van der Waals surface area contributed by atoms with Gasteiger partial charge in [0.25, 0.3) is 17.7 Å². The summed E-state index contributed by atoms with van der Waals surface area (Å²) >= 11 is 1.12. The smallest absolute Gasteiger partial charge is 0.410 e. The fraction of sp³-hybridized carbons (Fsp3) is 0.551. The number of anilines is 2. The number of piperidine rings is 1. The van der Waals surface area contributed by atoms with Crippen LogP contribution < -0.4 is 36.6 Å². The summed E-state index contributed by atoms with van der Waals surface area (Å²) in [7, 11) is 1.66. The van der Waals surface area contributed by atoms with Crippen molar-refractivity contribution in [2.45, 2.75) is 177 Å². The molecule has 4 aromatic rings. The van der Waals surface area contributed by atoms with E-state index in [1.165, 1.54) is 11.8 Å². The molecule has 9 amide bonds. The minimum absolute atomic E-state index is 0.0597. The number of aliphatic carboxylic acids is 1. The minimum atomic E-state index is -0.990. The Morgan fingerprint density at radius 2 is 1.41 bits per heavy atom. The summed E-state index contributed by atoms with van der Waals surface area (Å²) in [5, 5.41) is 22.6. The number of nitrogens with two attached hydrogens (primary N) is 1.